The Morgan fingerprint density at radius 3 is 1.82 bits per heavy atom. The van der Waals surface area contributed by atoms with Gasteiger partial charge in [0, 0.05) is 26.4 Å². The van der Waals surface area contributed by atoms with E-state index in [-0.39, 0.29) is 30.2 Å². The number of alkyl halides is 5. The second-order valence-corrected chi connectivity index (χ2v) is 9.88. The summed E-state index contributed by atoms with van der Waals surface area (Å²) < 4.78 is 88.8. The van der Waals surface area contributed by atoms with Crippen LogP contribution in [0.4, 0.5) is 30.7 Å². The Hall–Kier alpha value is -3.81. The Morgan fingerprint density at radius 2 is 1.36 bits per heavy atom. The van der Waals surface area contributed by atoms with Crippen LogP contribution in [-0.4, -0.2) is 61.5 Å². The monoisotopic (exact) mass is 640 g/mol. The fraction of sp³-hybridized carbons (Fsp3) is 0.467. The quantitative estimate of drug-likeness (QED) is 0.371. The Bertz CT molecular complexity index is 1160. The van der Waals surface area contributed by atoms with E-state index in [9.17, 15) is 40.3 Å². The zero-order valence-corrected chi connectivity index (χ0v) is 25.0. The van der Waals surface area contributed by atoms with Crippen LogP contribution in [0.1, 0.15) is 56.7 Å². The SMILES string of the molecule is C=O.C=O.CC(C)(c1cccc(C(F)(F)F)c1)C1CCN(C(=O)CCc2cc(F)ccc2F)CC1.CC(F)(F)C(=O)O.CN. The molecule has 7 nitrogen and oxygen atoms in total. The lowest BCUT2D eigenvalue weighted by atomic mass is 9.69. The van der Waals surface area contributed by atoms with E-state index in [1.165, 1.54) is 19.2 Å². The zero-order valence-electron chi connectivity index (χ0n) is 25.0. The smallest absolute Gasteiger partial charge is 0.416 e. The average Bonchev–Trinajstić information content (AvgIpc) is 3.00. The van der Waals surface area contributed by atoms with Crippen LogP contribution in [0.15, 0.2) is 42.5 Å². The van der Waals surface area contributed by atoms with Gasteiger partial charge in [-0.2, -0.15) is 22.0 Å². The van der Waals surface area contributed by atoms with E-state index in [4.69, 9.17) is 14.7 Å². The number of aliphatic carboxylic acids is 1. The standard InChI is InChI=1S/C24H26F5NO.C3H4F2O2.CH5N.2CH2O/c1-23(2,18-4-3-5-19(15-18)24(27,28)29)17-10-12-30(13-11-17)22(31)9-6-16-14-20(25)7-8-21(16)26;1-3(4,5)2(6)7;3*1-2/h3-5,7-8,14-15,17H,6,9-13H2,1-2H3;1H3,(H,6,7);2H2,1H3;2*1H2. The fourth-order valence-electron chi connectivity index (χ4n) is 4.32. The molecule has 0 unspecified atom stereocenters. The van der Waals surface area contributed by atoms with Crippen molar-refractivity contribution in [1.29, 1.82) is 0 Å². The third-order valence-corrected chi connectivity index (χ3v) is 6.79. The maximum Gasteiger partial charge on any atom is 0.416 e. The lowest BCUT2D eigenvalue weighted by molar-refractivity contribution is -0.162. The van der Waals surface area contributed by atoms with Crippen molar-refractivity contribution < 1.29 is 55.0 Å². The van der Waals surface area contributed by atoms with Crippen molar-refractivity contribution in [3.8, 4) is 0 Å². The number of rotatable bonds is 6. The van der Waals surface area contributed by atoms with Gasteiger partial charge in [0.15, 0.2) is 0 Å². The van der Waals surface area contributed by atoms with Crippen molar-refractivity contribution in [2.24, 2.45) is 11.7 Å². The molecule has 1 amide bonds. The van der Waals surface area contributed by atoms with Crippen molar-refractivity contribution >= 4 is 25.5 Å². The minimum absolute atomic E-state index is 0.0854. The summed E-state index contributed by atoms with van der Waals surface area (Å²) in [7, 11) is 1.50. The molecule has 0 saturated carbocycles. The van der Waals surface area contributed by atoms with E-state index in [0.29, 0.717) is 38.4 Å². The molecule has 0 radical (unpaired) electrons. The lowest BCUT2D eigenvalue weighted by Crippen LogP contribution is -2.43. The minimum Gasteiger partial charge on any atom is -0.477 e. The molecule has 1 fully saturated rings. The number of piperidine rings is 1. The Balaban J connectivity index is 0. The number of aryl methyl sites for hydroxylation is 1. The van der Waals surface area contributed by atoms with Gasteiger partial charge in [-0.05, 0) is 73.0 Å². The van der Waals surface area contributed by atoms with Crippen molar-refractivity contribution in [2.45, 2.75) is 64.0 Å². The maximum atomic E-state index is 13.7. The van der Waals surface area contributed by atoms with Crippen LogP contribution in [0.3, 0.4) is 0 Å². The maximum absolute atomic E-state index is 13.7. The molecular weight excluding hydrogens is 601 g/mol. The molecule has 0 bridgehead atoms. The van der Waals surface area contributed by atoms with Gasteiger partial charge in [0.2, 0.25) is 5.91 Å². The molecule has 248 valence electrons. The summed E-state index contributed by atoms with van der Waals surface area (Å²) in [6.07, 6.45) is -2.84. The van der Waals surface area contributed by atoms with Gasteiger partial charge in [-0.15, -0.1) is 0 Å². The highest BCUT2D eigenvalue weighted by Crippen LogP contribution is 2.40. The van der Waals surface area contributed by atoms with E-state index < -0.39 is 40.7 Å². The van der Waals surface area contributed by atoms with Gasteiger partial charge in [0.25, 0.3) is 0 Å². The molecular formula is C30H39F7N2O5. The highest BCUT2D eigenvalue weighted by Gasteiger charge is 2.37. The molecule has 1 aliphatic rings. The fourth-order valence-corrected chi connectivity index (χ4v) is 4.32. The number of nitrogens with zero attached hydrogens (tertiary/aromatic N) is 1. The summed E-state index contributed by atoms with van der Waals surface area (Å²) in [5.41, 5.74) is 4.18. The van der Waals surface area contributed by atoms with Gasteiger partial charge >= 0.3 is 18.1 Å². The van der Waals surface area contributed by atoms with Gasteiger partial charge in [-0.25, -0.2) is 13.6 Å². The van der Waals surface area contributed by atoms with E-state index >= 15 is 0 Å². The highest BCUT2D eigenvalue weighted by atomic mass is 19.4. The van der Waals surface area contributed by atoms with Crippen molar-refractivity contribution in [2.75, 3.05) is 20.1 Å². The molecule has 14 heteroatoms. The summed E-state index contributed by atoms with van der Waals surface area (Å²) in [6, 6.07) is 8.64. The van der Waals surface area contributed by atoms with Crippen molar-refractivity contribution in [1.82, 2.24) is 4.90 Å². The number of carboxylic acid groups (broad SMARTS) is 1. The number of hydrogen-bond acceptors (Lipinski definition) is 5. The Kier molecular flexibility index (Phi) is 18.7. The van der Waals surface area contributed by atoms with E-state index in [1.807, 2.05) is 27.4 Å². The number of nitrogens with two attached hydrogens (primary N) is 1. The van der Waals surface area contributed by atoms with Crippen LogP contribution >= 0.6 is 0 Å². The van der Waals surface area contributed by atoms with Crippen molar-refractivity contribution in [3.63, 3.8) is 0 Å². The van der Waals surface area contributed by atoms with E-state index in [2.05, 4.69) is 5.73 Å². The summed E-state index contributed by atoms with van der Waals surface area (Å²) in [5, 5.41) is 7.50. The topological polar surface area (TPSA) is 118 Å². The minimum atomic E-state index is -4.39. The van der Waals surface area contributed by atoms with Crippen LogP contribution in [0, 0.1) is 17.6 Å². The van der Waals surface area contributed by atoms with Gasteiger partial charge in [-0.3, -0.25) is 4.79 Å². The summed E-state index contributed by atoms with van der Waals surface area (Å²) in [6.45, 7) is 9.21. The normalized spacial score (nSPS) is 13.3. The number of benzene rings is 2. The average molecular weight is 641 g/mol. The molecule has 2 aromatic carbocycles. The van der Waals surface area contributed by atoms with Gasteiger partial charge in [-0.1, -0.05) is 32.0 Å². The van der Waals surface area contributed by atoms with Gasteiger partial charge < -0.3 is 25.3 Å². The Morgan fingerprint density at radius 1 is 0.886 bits per heavy atom. The summed E-state index contributed by atoms with van der Waals surface area (Å²) in [5.74, 6) is -6.75. The first-order chi connectivity index (χ1) is 20.4. The molecule has 0 aromatic heterocycles. The van der Waals surface area contributed by atoms with Gasteiger partial charge in [0.1, 0.15) is 25.2 Å². The molecule has 0 atom stereocenters. The summed E-state index contributed by atoms with van der Waals surface area (Å²) in [4.78, 5) is 39.5. The first-order valence-corrected chi connectivity index (χ1v) is 13.1. The number of carbonyl (C=O) groups excluding carboxylic acids is 3. The number of amides is 1. The molecule has 1 aliphatic heterocycles. The summed E-state index contributed by atoms with van der Waals surface area (Å²) >= 11 is 0. The number of likely N-dealkylation sites (tertiary alicyclic amines) is 1. The molecule has 3 N–H and O–H groups in total. The molecule has 1 heterocycles. The molecule has 3 rings (SSSR count). The van der Waals surface area contributed by atoms with E-state index in [1.54, 1.807) is 11.0 Å². The van der Waals surface area contributed by atoms with Crippen LogP contribution in [0.25, 0.3) is 0 Å². The van der Waals surface area contributed by atoms with Gasteiger partial charge in [0.05, 0.1) is 5.56 Å². The molecule has 0 aliphatic carbocycles. The van der Waals surface area contributed by atoms with Crippen LogP contribution in [0.2, 0.25) is 0 Å². The Labute approximate surface area is 252 Å². The predicted molar refractivity (Wildman–Crippen MR) is 151 cm³/mol. The highest BCUT2D eigenvalue weighted by molar-refractivity contribution is 5.76. The third-order valence-electron chi connectivity index (χ3n) is 6.79. The third kappa shape index (κ3) is 13.7. The van der Waals surface area contributed by atoms with Crippen LogP contribution < -0.4 is 5.73 Å². The second-order valence-electron chi connectivity index (χ2n) is 9.88. The van der Waals surface area contributed by atoms with E-state index in [0.717, 1.165) is 24.3 Å². The predicted octanol–water partition coefficient (Wildman–Crippen LogP) is 6.06. The largest absolute Gasteiger partial charge is 0.477 e. The molecule has 1 saturated heterocycles. The van der Waals surface area contributed by atoms with Crippen LogP contribution in [0.5, 0.6) is 0 Å². The van der Waals surface area contributed by atoms with Crippen LogP contribution in [-0.2, 0) is 37.2 Å². The zero-order chi connectivity index (χ0) is 34.9. The number of carboxylic acids is 1. The molecule has 44 heavy (non-hydrogen) atoms. The first-order valence-electron chi connectivity index (χ1n) is 13.1. The second kappa shape index (κ2) is 19.5. The molecule has 0 spiro atoms. The lowest BCUT2D eigenvalue weighted by Gasteiger charge is -2.41. The number of carbonyl (C=O) groups is 4. The van der Waals surface area contributed by atoms with Crippen molar-refractivity contribution in [3.05, 3.63) is 70.8 Å². The molecule has 2 aromatic rings. The number of halogens is 7. The first kappa shape index (κ1) is 42.3. The number of hydrogen-bond donors (Lipinski definition) is 2.